The van der Waals surface area contributed by atoms with Crippen molar-refractivity contribution in [3.8, 4) is 0 Å². The van der Waals surface area contributed by atoms with Crippen molar-refractivity contribution >= 4 is 5.97 Å². The standard InChI is InChI=1S/C15H14N4O2/c1-10-4-5-13(17-8-10)15(11-3-2-6-16-9-11)7-12(14(20)21)18-19-15/h2-6,8-9,12H,7H2,1H3,(H,20,21). The zero-order chi connectivity index (χ0) is 14.9. The molecule has 0 saturated carbocycles. The summed E-state index contributed by atoms with van der Waals surface area (Å²) in [6.45, 7) is 1.95. The predicted octanol–water partition coefficient (Wildman–Crippen LogP) is 2.34. The van der Waals surface area contributed by atoms with Crippen molar-refractivity contribution in [2.75, 3.05) is 0 Å². The monoisotopic (exact) mass is 282 g/mol. The lowest BCUT2D eigenvalue weighted by Crippen LogP contribution is -2.29. The number of carboxylic acids is 1. The zero-order valence-electron chi connectivity index (χ0n) is 11.5. The average molecular weight is 282 g/mol. The van der Waals surface area contributed by atoms with Crippen molar-refractivity contribution in [3.05, 3.63) is 59.7 Å². The Morgan fingerprint density at radius 3 is 2.76 bits per heavy atom. The molecular weight excluding hydrogens is 268 g/mol. The molecule has 0 saturated heterocycles. The van der Waals surface area contributed by atoms with Crippen LogP contribution in [0.5, 0.6) is 0 Å². The number of nitrogens with zero attached hydrogens (tertiary/aromatic N) is 4. The number of rotatable bonds is 3. The molecule has 21 heavy (non-hydrogen) atoms. The Kier molecular flexibility index (Phi) is 3.21. The van der Waals surface area contributed by atoms with Crippen LogP contribution in [0.2, 0.25) is 0 Å². The third-order valence-electron chi connectivity index (χ3n) is 3.62. The molecule has 6 nitrogen and oxygen atoms in total. The molecule has 3 heterocycles. The van der Waals surface area contributed by atoms with Gasteiger partial charge >= 0.3 is 5.97 Å². The van der Waals surface area contributed by atoms with E-state index in [9.17, 15) is 9.90 Å². The summed E-state index contributed by atoms with van der Waals surface area (Å²) >= 11 is 0. The fourth-order valence-corrected chi connectivity index (χ4v) is 2.47. The SMILES string of the molecule is Cc1ccc(C2(c3cccnc3)CC(C(=O)O)N=N2)nc1. The summed E-state index contributed by atoms with van der Waals surface area (Å²) in [6.07, 6.45) is 5.35. The van der Waals surface area contributed by atoms with Gasteiger partial charge in [-0.2, -0.15) is 10.2 Å². The van der Waals surface area contributed by atoms with Gasteiger partial charge in [0.1, 0.15) is 0 Å². The molecule has 1 aliphatic heterocycles. The molecule has 0 aliphatic carbocycles. The van der Waals surface area contributed by atoms with E-state index >= 15 is 0 Å². The maximum absolute atomic E-state index is 11.2. The number of aryl methyl sites for hydroxylation is 1. The van der Waals surface area contributed by atoms with Crippen LogP contribution in [0.25, 0.3) is 0 Å². The van der Waals surface area contributed by atoms with Crippen molar-refractivity contribution in [1.29, 1.82) is 0 Å². The van der Waals surface area contributed by atoms with Gasteiger partial charge in [-0.05, 0) is 24.6 Å². The average Bonchev–Trinajstić information content (AvgIpc) is 2.96. The van der Waals surface area contributed by atoms with Gasteiger partial charge in [-0.3, -0.25) is 9.97 Å². The van der Waals surface area contributed by atoms with E-state index in [-0.39, 0.29) is 6.42 Å². The van der Waals surface area contributed by atoms with Crippen LogP contribution in [-0.4, -0.2) is 27.1 Å². The zero-order valence-corrected chi connectivity index (χ0v) is 11.5. The van der Waals surface area contributed by atoms with Crippen LogP contribution in [0.3, 0.4) is 0 Å². The normalized spacial score (nSPS) is 24.1. The number of carbonyl (C=O) groups is 1. The number of azo groups is 1. The molecule has 0 aromatic carbocycles. The van der Waals surface area contributed by atoms with Crippen LogP contribution in [0.4, 0.5) is 0 Å². The van der Waals surface area contributed by atoms with Crippen molar-refractivity contribution < 1.29 is 9.90 Å². The largest absolute Gasteiger partial charge is 0.480 e. The minimum Gasteiger partial charge on any atom is -0.480 e. The highest BCUT2D eigenvalue weighted by Gasteiger charge is 2.45. The summed E-state index contributed by atoms with van der Waals surface area (Å²) in [5.74, 6) is -0.975. The highest BCUT2D eigenvalue weighted by molar-refractivity contribution is 5.74. The number of pyridine rings is 2. The van der Waals surface area contributed by atoms with E-state index in [0.717, 1.165) is 11.1 Å². The molecule has 0 fully saturated rings. The first-order valence-electron chi connectivity index (χ1n) is 6.60. The number of hydrogen-bond donors (Lipinski definition) is 1. The van der Waals surface area contributed by atoms with E-state index in [2.05, 4.69) is 20.2 Å². The molecule has 2 atom stereocenters. The van der Waals surface area contributed by atoms with Crippen molar-refractivity contribution in [2.45, 2.75) is 24.9 Å². The topological polar surface area (TPSA) is 87.8 Å². The fourth-order valence-electron chi connectivity index (χ4n) is 2.47. The molecule has 2 unspecified atom stereocenters. The Morgan fingerprint density at radius 2 is 2.19 bits per heavy atom. The van der Waals surface area contributed by atoms with Gasteiger partial charge in [0.15, 0.2) is 11.6 Å². The molecule has 1 N–H and O–H groups in total. The fraction of sp³-hybridized carbons (Fsp3) is 0.267. The lowest BCUT2D eigenvalue weighted by atomic mass is 9.83. The summed E-state index contributed by atoms with van der Waals surface area (Å²) in [5, 5.41) is 17.4. The minimum atomic E-state index is -0.975. The highest BCUT2D eigenvalue weighted by Crippen LogP contribution is 2.42. The van der Waals surface area contributed by atoms with E-state index < -0.39 is 17.6 Å². The molecule has 106 valence electrons. The van der Waals surface area contributed by atoms with Crippen LogP contribution in [0.15, 0.2) is 53.1 Å². The van der Waals surface area contributed by atoms with Crippen LogP contribution < -0.4 is 0 Å². The molecule has 6 heteroatoms. The van der Waals surface area contributed by atoms with Crippen LogP contribution in [-0.2, 0) is 10.3 Å². The number of carboxylic acid groups (broad SMARTS) is 1. The smallest absolute Gasteiger partial charge is 0.330 e. The Labute approximate surface area is 121 Å². The number of aromatic nitrogens is 2. The van der Waals surface area contributed by atoms with E-state index in [4.69, 9.17) is 0 Å². The highest BCUT2D eigenvalue weighted by atomic mass is 16.4. The predicted molar refractivity (Wildman–Crippen MR) is 74.9 cm³/mol. The van der Waals surface area contributed by atoms with E-state index in [0.29, 0.717) is 5.69 Å². The summed E-state index contributed by atoms with van der Waals surface area (Å²) in [6, 6.07) is 6.62. The molecule has 0 amide bonds. The van der Waals surface area contributed by atoms with Gasteiger partial charge < -0.3 is 5.11 Å². The molecule has 0 radical (unpaired) electrons. The second-order valence-corrected chi connectivity index (χ2v) is 5.10. The van der Waals surface area contributed by atoms with Gasteiger partial charge in [0.2, 0.25) is 0 Å². The van der Waals surface area contributed by atoms with Crippen molar-refractivity contribution in [1.82, 2.24) is 9.97 Å². The van der Waals surface area contributed by atoms with Crippen molar-refractivity contribution in [2.24, 2.45) is 10.2 Å². The summed E-state index contributed by atoms with van der Waals surface area (Å²) in [7, 11) is 0. The molecule has 0 bridgehead atoms. The van der Waals surface area contributed by atoms with Crippen LogP contribution in [0, 0.1) is 6.92 Å². The molecule has 0 spiro atoms. The Morgan fingerprint density at radius 1 is 1.33 bits per heavy atom. The first-order chi connectivity index (χ1) is 10.1. The Balaban J connectivity index is 2.11. The van der Waals surface area contributed by atoms with Crippen molar-refractivity contribution in [3.63, 3.8) is 0 Å². The van der Waals surface area contributed by atoms with Gasteiger partial charge in [0, 0.05) is 30.6 Å². The van der Waals surface area contributed by atoms with E-state index in [1.54, 1.807) is 24.7 Å². The van der Waals surface area contributed by atoms with Gasteiger partial charge in [-0.15, -0.1) is 0 Å². The second kappa shape index (κ2) is 5.05. The Bertz CT molecular complexity index is 685. The molecule has 3 rings (SSSR count). The van der Waals surface area contributed by atoms with Gasteiger partial charge in [0.25, 0.3) is 0 Å². The third-order valence-corrected chi connectivity index (χ3v) is 3.62. The number of aliphatic carboxylic acids is 1. The quantitative estimate of drug-likeness (QED) is 0.935. The maximum Gasteiger partial charge on any atom is 0.330 e. The van der Waals surface area contributed by atoms with Crippen LogP contribution >= 0.6 is 0 Å². The first-order valence-corrected chi connectivity index (χ1v) is 6.60. The minimum absolute atomic E-state index is 0.254. The Hall–Kier alpha value is -2.63. The van der Waals surface area contributed by atoms with Gasteiger partial charge in [-0.1, -0.05) is 12.1 Å². The van der Waals surface area contributed by atoms with E-state index in [1.807, 2.05) is 25.1 Å². The lowest BCUT2D eigenvalue weighted by Gasteiger charge is -2.24. The summed E-state index contributed by atoms with van der Waals surface area (Å²) in [5.41, 5.74) is 1.65. The van der Waals surface area contributed by atoms with Gasteiger partial charge in [-0.25, -0.2) is 4.79 Å². The second-order valence-electron chi connectivity index (χ2n) is 5.10. The summed E-state index contributed by atoms with van der Waals surface area (Å²) in [4.78, 5) is 19.8. The number of hydrogen-bond acceptors (Lipinski definition) is 5. The first kappa shape index (κ1) is 13.4. The van der Waals surface area contributed by atoms with Gasteiger partial charge in [0.05, 0.1) is 5.69 Å². The molecule has 2 aromatic rings. The molecular formula is C15H14N4O2. The maximum atomic E-state index is 11.2. The third kappa shape index (κ3) is 2.29. The molecule has 1 aliphatic rings. The molecule has 2 aromatic heterocycles. The van der Waals surface area contributed by atoms with Crippen LogP contribution in [0.1, 0.15) is 23.2 Å². The van der Waals surface area contributed by atoms with E-state index in [1.165, 1.54) is 0 Å². The lowest BCUT2D eigenvalue weighted by molar-refractivity contribution is -0.138. The summed E-state index contributed by atoms with van der Waals surface area (Å²) < 4.78 is 0.